The van der Waals surface area contributed by atoms with E-state index in [9.17, 15) is 4.79 Å². The normalized spacial score (nSPS) is 11.3. The number of amides is 1. The number of nitrogens with zero attached hydrogens (tertiary/aromatic N) is 1. The van der Waals surface area contributed by atoms with Crippen LogP contribution in [-0.4, -0.2) is 18.7 Å². The van der Waals surface area contributed by atoms with Gasteiger partial charge in [-0.2, -0.15) is 5.10 Å². The average Bonchev–Trinajstić information content (AvgIpc) is 2.65. The van der Waals surface area contributed by atoms with Crippen molar-refractivity contribution >= 4 is 22.4 Å². The summed E-state index contributed by atoms with van der Waals surface area (Å²) >= 11 is 0. The van der Waals surface area contributed by atoms with Crippen LogP contribution in [-0.2, 0) is 0 Å². The summed E-state index contributed by atoms with van der Waals surface area (Å²) in [6.45, 7) is 1.85. The van der Waals surface area contributed by atoms with E-state index in [0.717, 1.165) is 27.8 Å². The third-order valence-corrected chi connectivity index (χ3v) is 3.84. The van der Waals surface area contributed by atoms with Crippen molar-refractivity contribution in [2.24, 2.45) is 5.10 Å². The number of hydrazone groups is 1. The van der Waals surface area contributed by atoms with Gasteiger partial charge in [0.05, 0.1) is 12.8 Å². The topological polar surface area (TPSA) is 50.7 Å². The number of hydrogen-bond acceptors (Lipinski definition) is 3. The van der Waals surface area contributed by atoms with Crippen LogP contribution in [0.15, 0.2) is 71.8 Å². The Balaban J connectivity index is 1.74. The summed E-state index contributed by atoms with van der Waals surface area (Å²) in [7, 11) is 1.62. The zero-order chi connectivity index (χ0) is 16.9. The lowest BCUT2D eigenvalue weighted by atomic mass is 10.1. The van der Waals surface area contributed by atoms with Gasteiger partial charge >= 0.3 is 0 Å². The third kappa shape index (κ3) is 3.43. The van der Waals surface area contributed by atoms with Crippen molar-refractivity contribution in [1.29, 1.82) is 0 Å². The summed E-state index contributed by atoms with van der Waals surface area (Å²) in [6.07, 6.45) is 0. The molecule has 0 atom stereocenters. The van der Waals surface area contributed by atoms with Crippen LogP contribution in [0, 0.1) is 0 Å². The molecule has 0 heterocycles. The molecule has 1 N–H and O–H groups in total. The van der Waals surface area contributed by atoms with Crippen molar-refractivity contribution < 1.29 is 9.53 Å². The quantitative estimate of drug-likeness (QED) is 0.584. The number of ether oxygens (including phenoxy) is 1. The Bertz CT molecular complexity index is 899. The van der Waals surface area contributed by atoms with E-state index in [1.807, 2.05) is 67.6 Å². The average molecular weight is 318 g/mol. The highest BCUT2D eigenvalue weighted by atomic mass is 16.5. The lowest BCUT2D eigenvalue weighted by Crippen LogP contribution is -2.19. The fourth-order valence-corrected chi connectivity index (χ4v) is 2.43. The molecule has 120 valence electrons. The SMILES string of the molecule is COc1ccc(/C(C)=N\NC(=O)c2ccc3ccccc3c2)cc1. The van der Waals surface area contributed by atoms with Gasteiger partial charge in [-0.05, 0) is 59.7 Å². The molecule has 0 unspecified atom stereocenters. The maximum Gasteiger partial charge on any atom is 0.271 e. The summed E-state index contributed by atoms with van der Waals surface area (Å²) in [5, 5.41) is 6.31. The van der Waals surface area contributed by atoms with E-state index in [1.54, 1.807) is 13.2 Å². The lowest BCUT2D eigenvalue weighted by Gasteiger charge is -2.05. The third-order valence-electron chi connectivity index (χ3n) is 3.84. The Labute approximate surface area is 140 Å². The van der Waals surface area contributed by atoms with Gasteiger partial charge in [0.15, 0.2) is 0 Å². The second-order valence-corrected chi connectivity index (χ2v) is 5.43. The fourth-order valence-electron chi connectivity index (χ4n) is 2.43. The first-order valence-corrected chi connectivity index (χ1v) is 7.65. The monoisotopic (exact) mass is 318 g/mol. The van der Waals surface area contributed by atoms with Crippen LogP contribution in [0.2, 0.25) is 0 Å². The molecular weight excluding hydrogens is 300 g/mol. The Morgan fingerprint density at radius 2 is 1.58 bits per heavy atom. The summed E-state index contributed by atoms with van der Waals surface area (Å²) in [6, 6.07) is 21.1. The number of carbonyl (C=O) groups is 1. The molecule has 0 bridgehead atoms. The van der Waals surface area contributed by atoms with E-state index in [4.69, 9.17) is 4.74 Å². The predicted octanol–water partition coefficient (Wildman–Crippen LogP) is 4.00. The number of carbonyl (C=O) groups excluding carboxylic acids is 1. The van der Waals surface area contributed by atoms with E-state index in [-0.39, 0.29) is 5.91 Å². The van der Waals surface area contributed by atoms with E-state index in [0.29, 0.717) is 5.56 Å². The molecule has 0 fully saturated rings. The van der Waals surface area contributed by atoms with Gasteiger partial charge in [0.1, 0.15) is 5.75 Å². The molecule has 0 saturated heterocycles. The molecule has 4 heteroatoms. The molecule has 0 saturated carbocycles. The van der Waals surface area contributed by atoms with Gasteiger partial charge < -0.3 is 4.74 Å². The number of rotatable bonds is 4. The number of hydrogen-bond donors (Lipinski definition) is 1. The minimum atomic E-state index is -0.228. The molecule has 3 aromatic rings. The number of nitrogens with one attached hydrogen (secondary N) is 1. The Morgan fingerprint density at radius 3 is 2.29 bits per heavy atom. The van der Waals surface area contributed by atoms with Crippen LogP contribution in [0.1, 0.15) is 22.8 Å². The van der Waals surface area contributed by atoms with Gasteiger partial charge in [0, 0.05) is 5.56 Å². The van der Waals surface area contributed by atoms with Gasteiger partial charge in [-0.1, -0.05) is 30.3 Å². The number of fused-ring (bicyclic) bond motifs is 1. The van der Waals surface area contributed by atoms with Crippen LogP contribution in [0.4, 0.5) is 0 Å². The number of benzene rings is 3. The number of methoxy groups -OCH3 is 1. The van der Waals surface area contributed by atoms with Crippen LogP contribution >= 0.6 is 0 Å². The minimum Gasteiger partial charge on any atom is -0.497 e. The predicted molar refractivity (Wildman–Crippen MR) is 96.6 cm³/mol. The highest BCUT2D eigenvalue weighted by Gasteiger charge is 2.06. The summed E-state index contributed by atoms with van der Waals surface area (Å²) < 4.78 is 5.13. The standard InChI is InChI=1S/C20H18N2O2/c1-14(15-9-11-19(24-2)12-10-15)21-22-20(23)18-8-7-16-5-3-4-6-17(16)13-18/h3-13H,1-2H3,(H,22,23)/b21-14-. The van der Waals surface area contributed by atoms with E-state index in [2.05, 4.69) is 10.5 Å². The molecule has 0 aliphatic heterocycles. The van der Waals surface area contributed by atoms with Crippen molar-refractivity contribution in [1.82, 2.24) is 5.43 Å². The van der Waals surface area contributed by atoms with Gasteiger partial charge in [0.2, 0.25) is 0 Å². The zero-order valence-electron chi connectivity index (χ0n) is 13.6. The van der Waals surface area contributed by atoms with Gasteiger partial charge in [-0.3, -0.25) is 4.79 Å². The zero-order valence-corrected chi connectivity index (χ0v) is 13.6. The highest BCUT2D eigenvalue weighted by Crippen LogP contribution is 2.16. The Hall–Kier alpha value is -3.14. The van der Waals surface area contributed by atoms with Crippen molar-refractivity contribution in [2.75, 3.05) is 7.11 Å². The van der Waals surface area contributed by atoms with Crippen LogP contribution in [0.5, 0.6) is 5.75 Å². The first-order chi connectivity index (χ1) is 11.7. The smallest absolute Gasteiger partial charge is 0.271 e. The highest BCUT2D eigenvalue weighted by molar-refractivity contribution is 6.02. The van der Waals surface area contributed by atoms with Crippen molar-refractivity contribution in [3.8, 4) is 5.75 Å². The summed E-state index contributed by atoms with van der Waals surface area (Å²) in [5.74, 6) is 0.556. The maximum absolute atomic E-state index is 12.3. The van der Waals surface area contributed by atoms with Crippen LogP contribution in [0.25, 0.3) is 10.8 Å². The molecule has 0 aromatic heterocycles. The molecule has 0 aliphatic rings. The van der Waals surface area contributed by atoms with E-state index >= 15 is 0 Å². The molecular formula is C20H18N2O2. The first-order valence-electron chi connectivity index (χ1n) is 7.65. The van der Waals surface area contributed by atoms with Crippen molar-refractivity contribution in [2.45, 2.75) is 6.92 Å². The lowest BCUT2D eigenvalue weighted by molar-refractivity contribution is 0.0955. The second-order valence-electron chi connectivity index (χ2n) is 5.43. The minimum absolute atomic E-state index is 0.228. The molecule has 3 rings (SSSR count). The van der Waals surface area contributed by atoms with Gasteiger partial charge in [-0.15, -0.1) is 0 Å². The molecule has 0 spiro atoms. The molecule has 4 nitrogen and oxygen atoms in total. The van der Waals surface area contributed by atoms with E-state index < -0.39 is 0 Å². The van der Waals surface area contributed by atoms with Crippen LogP contribution in [0.3, 0.4) is 0 Å². The maximum atomic E-state index is 12.3. The van der Waals surface area contributed by atoms with Gasteiger partial charge in [-0.25, -0.2) is 5.43 Å². The molecule has 3 aromatic carbocycles. The first kappa shape index (κ1) is 15.7. The van der Waals surface area contributed by atoms with Crippen molar-refractivity contribution in [3.63, 3.8) is 0 Å². The van der Waals surface area contributed by atoms with Crippen LogP contribution < -0.4 is 10.2 Å². The molecule has 24 heavy (non-hydrogen) atoms. The molecule has 0 aliphatic carbocycles. The molecule has 1 amide bonds. The van der Waals surface area contributed by atoms with Crippen molar-refractivity contribution in [3.05, 3.63) is 77.9 Å². The Morgan fingerprint density at radius 1 is 0.917 bits per heavy atom. The van der Waals surface area contributed by atoms with Gasteiger partial charge in [0.25, 0.3) is 5.91 Å². The Kier molecular flexibility index (Phi) is 4.57. The summed E-state index contributed by atoms with van der Waals surface area (Å²) in [5.41, 5.74) is 4.85. The summed E-state index contributed by atoms with van der Waals surface area (Å²) in [4.78, 5) is 12.3. The fraction of sp³-hybridized carbons (Fsp3) is 0.100. The van der Waals surface area contributed by atoms with E-state index in [1.165, 1.54) is 0 Å². The largest absolute Gasteiger partial charge is 0.497 e. The molecule has 0 radical (unpaired) electrons. The second kappa shape index (κ2) is 6.96.